The van der Waals surface area contributed by atoms with Crippen LogP contribution in [-0.4, -0.2) is 21.5 Å². The smallest absolute Gasteiger partial charge is 0.270 e. The summed E-state index contributed by atoms with van der Waals surface area (Å²) >= 11 is 12.3. The van der Waals surface area contributed by atoms with Gasteiger partial charge in [0.15, 0.2) is 0 Å². The molecule has 1 fully saturated rings. The van der Waals surface area contributed by atoms with Gasteiger partial charge in [0, 0.05) is 6.04 Å². The van der Waals surface area contributed by atoms with E-state index in [0.29, 0.717) is 26.6 Å². The standard InChI is InChI=1S/C22H21Cl2N3O2/c23-16-11-10-14(12-17(16)24)21(22(29)26-15-6-2-1-3-7-15)27-19-9-5-4-8-18(19)25-13-20(27)28/h4-5,8-13,15,21H,1-3,6-7H2,(H,26,29). The molecule has 0 aliphatic heterocycles. The summed E-state index contributed by atoms with van der Waals surface area (Å²) in [6, 6.07) is 11.6. The van der Waals surface area contributed by atoms with Crippen molar-refractivity contribution in [1.29, 1.82) is 0 Å². The van der Waals surface area contributed by atoms with Gasteiger partial charge in [0.05, 0.1) is 27.3 Å². The van der Waals surface area contributed by atoms with Gasteiger partial charge in [-0.2, -0.15) is 0 Å². The Hall–Kier alpha value is -2.37. The number of nitrogens with zero attached hydrogens (tertiary/aromatic N) is 2. The van der Waals surface area contributed by atoms with Gasteiger partial charge in [-0.15, -0.1) is 0 Å². The Labute approximate surface area is 178 Å². The van der Waals surface area contributed by atoms with E-state index in [1.54, 1.807) is 24.3 Å². The molecular formula is C22H21Cl2N3O2. The molecule has 1 aliphatic carbocycles. The fourth-order valence-electron chi connectivity index (χ4n) is 3.98. The largest absolute Gasteiger partial charge is 0.351 e. The number of amides is 1. The van der Waals surface area contributed by atoms with E-state index in [0.717, 1.165) is 25.7 Å². The van der Waals surface area contributed by atoms with E-state index >= 15 is 0 Å². The van der Waals surface area contributed by atoms with Crippen molar-refractivity contribution in [3.63, 3.8) is 0 Å². The fourth-order valence-corrected chi connectivity index (χ4v) is 4.28. The number of rotatable bonds is 4. The first-order valence-corrected chi connectivity index (χ1v) is 10.5. The van der Waals surface area contributed by atoms with Gasteiger partial charge in [0.25, 0.3) is 5.56 Å². The maximum absolute atomic E-state index is 13.4. The van der Waals surface area contributed by atoms with Crippen LogP contribution in [0.25, 0.3) is 11.0 Å². The van der Waals surface area contributed by atoms with Gasteiger partial charge >= 0.3 is 0 Å². The number of aromatic nitrogens is 2. The molecule has 3 aromatic rings. The van der Waals surface area contributed by atoms with Gasteiger partial charge in [0.1, 0.15) is 6.04 Å². The third kappa shape index (κ3) is 4.16. The molecule has 0 radical (unpaired) electrons. The van der Waals surface area contributed by atoms with E-state index in [4.69, 9.17) is 23.2 Å². The monoisotopic (exact) mass is 429 g/mol. The quantitative estimate of drug-likeness (QED) is 0.650. The zero-order valence-corrected chi connectivity index (χ0v) is 17.3. The SMILES string of the molecule is O=C(NC1CCCCC1)C(c1ccc(Cl)c(Cl)c1)n1c(=O)cnc2ccccc21. The van der Waals surface area contributed by atoms with E-state index in [1.807, 2.05) is 18.2 Å². The van der Waals surface area contributed by atoms with Crippen molar-refractivity contribution in [2.24, 2.45) is 0 Å². The minimum absolute atomic E-state index is 0.116. The normalized spacial score (nSPS) is 15.9. The molecule has 0 spiro atoms. The average molecular weight is 430 g/mol. The predicted octanol–water partition coefficient (Wildman–Crippen LogP) is 4.74. The maximum Gasteiger partial charge on any atom is 0.270 e. The molecule has 4 rings (SSSR count). The van der Waals surface area contributed by atoms with Crippen LogP contribution in [-0.2, 0) is 4.79 Å². The molecule has 1 atom stereocenters. The van der Waals surface area contributed by atoms with Crippen LogP contribution >= 0.6 is 23.2 Å². The molecule has 7 heteroatoms. The number of carbonyl (C=O) groups is 1. The first-order chi connectivity index (χ1) is 14.0. The average Bonchev–Trinajstić information content (AvgIpc) is 2.73. The first-order valence-electron chi connectivity index (χ1n) is 9.76. The Bertz CT molecular complexity index is 1110. The summed E-state index contributed by atoms with van der Waals surface area (Å²) in [4.78, 5) is 30.5. The number of para-hydroxylation sites is 2. The summed E-state index contributed by atoms with van der Waals surface area (Å²) < 4.78 is 1.49. The summed E-state index contributed by atoms with van der Waals surface area (Å²) in [5.74, 6) is -0.228. The summed E-state index contributed by atoms with van der Waals surface area (Å²) in [7, 11) is 0. The lowest BCUT2D eigenvalue weighted by molar-refractivity contribution is -0.124. The number of hydrogen-bond acceptors (Lipinski definition) is 3. The third-order valence-corrected chi connectivity index (χ3v) is 6.15. The van der Waals surface area contributed by atoms with E-state index in [2.05, 4.69) is 10.3 Å². The molecule has 0 bridgehead atoms. The lowest BCUT2D eigenvalue weighted by Crippen LogP contribution is -2.43. The number of benzene rings is 2. The summed E-state index contributed by atoms with van der Waals surface area (Å²) in [5, 5.41) is 3.88. The fraction of sp³-hybridized carbons (Fsp3) is 0.318. The number of fused-ring (bicyclic) bond motifs is 1. The number of hydrogen-bond donors (Lipinski definition) is 1. The van der Waals surface area contributed by atoms with Gasteiger partial charge in [-0.05, 0) is 42.7 Å². The molecule has 150 valence electrons. The minimum atomic E-state index is -0.868. The van der Waals surface area contributed by atoms with Gasteiger partial charge in [-0.25, -0.2) is 4.98 Å². The Morgan fingerprint density at radius 2 is 1.83 bits per heavy atom. The van der Waals surface area contributed by atoms with Crippen LogP contribution in [0.1, 0.15) is 43.7 Å². The molecule has 5 nitrogen and oxygen atoms in total. The van der Waals surface area contributed by atoms with E-state index in [-0.39, 0.29) is 17.5 Å². The van der Waals surface area contributed by atoms with Crippen molar-refractivity contribution in [3.8, 4) is 0 Å². The molecule has 29 heavy (non-hydrogen) atoms. The van der Waals surface area contributed by atoms with Gasteiger partial charge in [-0.3, -0.25) is 14.2 Å². The zero-order chi connectivity index (χ0) is 20.4. The highest BCUT2D eigenvalue weighted by Crippen LogP contribution is 2.29. The van der Waals surface area contributed by atoms with Crippen molar-refractivity contribution in [3.05, 3.63) is 74.6 Å². The van der Waals surface area contributed by atoms with Crippen molar-refractivity contribution in [2.45, 2.75) is 44.2 Å². The lowest BCUT2D eigenvalue weighted by atomic mass is 9.95. The highest BCUT2D eigenvalue weighted by Gasteiger charge is 2.28. The third-order valence-electron chi connectivity index (χ3n) is 5.41. The Kier molecular flexibility index (Phi) is 5.88. The van der Waals surface area contributed by atoms with Crippen LogP contribution < -0.4 is 10.9 Å². The van der Waals surface area contributed by atoms with Crippen LogP contribution in [0.2, 0.25) is 10.0 Å². The number of nitrogens with one attached hydrogen (secondary N) is 1. The number of halogens is 2. The molecule has 1 heterocycles. The molecule has 1 amide bonds. The van der Waals surface area contributed by atoms with E-state index in [1.165, 1.54) is 17.2 Å². The maximum atomic E-state index is 13.4. The van der Waals surface area contributed by atoms with Crippen molar-refractivity contribution in [1.82, 2.24) is 14.9 Å². The molecule has 1 unspecified atom stereocenters. The van der Waals surface area contributed by atoms with Gasteiger partial charge in [0.2, 0.25) is 5.91 Å². The summed E-state index contributed by atoms with van der Waals surface area (Å²) in [5.41, 5.74) is 1.49. The highest BCUT2D eigenvalue weighted by molar-refractivity contribution is 6.42. The predicted molar refractivity (Wildman–Crippen MR) is 116 cm³/mol. The van der Waals surface area contributed by atoms with Crippen LogP contribution in [0.3, 0.4) is 0 Å². The van der Waals surface area contributed by atoms with Crippen LogP contribution in [0.4, 0.5) is 0 Å². The van der Waals surface area contributed by atoms with Crippen molar-refractivity contribution in [2.75, 3.05) is 0 Å². The molecule has 0 saturated heterocycles. The van der Waals surface area contributed by atoms with Crippen molar-refractivity contribution < 1.29 is 4.79 Å². The Morgan fingerprint density at radius 1 is 1.07 bits per heavy atom. The Morgan fingerprint density at radius 3 is 2.59 bits per heavy atom. The van der Waals surface area contributed by atoms with Crippen LogP contribution in [0.5, 0.6) is 0 Å². The Balaban J connectivity index is 1.84. The van der Waals surface area contributed by atoms with Crippen LogP contribution in [0.15, 0.2) is 53.5 Å². The molecule has 1 N–H and O–H groups in total. The second kappa shape index (κ2) is 8.56. The minimum Gasteiger partial charge on any atom is -0.351 e. The van der Waals surface area contributed by atoms with E-state index in [9.17, 15) is 9.59 Å². The van der Waals surface area contributed by atoms with Crippen molar-refractivity contribution >= 4 is 40.1 Å². The molecule has 2 aromatic carbocycles. The molecule has 1 saturated carbocycles. The topological polar surface area (TPSA) is 64.0 Å². The van der Waals surface area contributed by atoms with Crippen LogP contribution in [0, 0.1) is 0 Å². The molecule has 1 aliphatic rings. The second-order valence-electron chi connectivity index (χ2n) is 7.37. The van der Waals surface area contributed by atoms with Gasteiger partial charge in [-0.1, -0.05) is 60.7 Å². The number of carbonyl (C=O) groups excluding carboxylic acids is 1. The molecule has 1 aromatic heterocycles. The highest BCUT2D eigenvalue weighted by atomic mass is 35.5. The second-order valence-corrected chi connectivity index (χ2v) is 8.19. The zero-order valence-electron chi connectivity index (χ0n) is 15.8. The lowest BCUT2D eigenvalue weighted by Gasteiger charge is -2.27. The first kappa shape index (κ1) is 19.9. The molecular weight excluding hydrogens is 409 g/mol. The van der Waals surface area contributed by atoms with E-state index < -0.39 is 6.04 Å². The van der Waals surface area contributed by atoms with Gasteiger partial charge < -0.3 is 5.32 Å². The summed E-state index contributed by atoms with van der Waals surface area (Å²) in [6.45, 7) is 0. The summed E-state index contributed by atoms with van der Waals surface area (Å²) in [6.07, 6.45) is 6.54.